The van der Waals surface area contributed by atoms with Crippen LogP contribution in [0.3, 0.4) is 0 Å². The summed E-state index contributed by atoms with van der Waals surface area (Å²) in [5.74, 6) is 0.162. The Bertz CT molecular complexity index is 1100. The molecule has 0 atom stereocenters. The van der Waals surface area contributed by atoms with E-state index in [0.29, 0.717) is 10.9 Å². The smallest absolute Gasteiger partial charge is 0.270 e. The highest BCUT2D eigenvalue weighted by molar-refractivity contribution is 9.10. The van der Waals surface area contributed by atoms with E-state index in [9.17, 15) is 14.9 Å². The molecule has 29 heavy (non-hydrogen) atoms. The normalized spacial score (nSPS) is 10.3. The molecule has 2 aromatic carbocycles. The number of methoxy groups -OCH3 is 1. The van der Waals surface area contributed by atoms with Crippen molar-refractivity contribution in [1.29, 1.82) is 0 Å². The predicted molar refractivity (Wildman–Crippen MR) is 119 cm³/mol. The highest BCUT2D eigenvalue weighted by atomic mass is 79.9. The number of nitrogens with one attached hydrogen (secondary N) is 2. The van der Waals surface area contributed by atoms with E-state index >= 15 is 0 Å². The van der Waals surface area contributed by atoms with Gasteiger partial charge in [-0.1, -0.05) is 6.07 Å². The van der Waals surface area contributed by atoms with Crippen molar-refractivity contribution in [2.45, 2.75) is 0 Å². The molecule has 1 heterocycles. The lowest BCUT2D eigenvalue weighted by Crippen LogP contribution is -2.34. The quantitative estimate of drug-likeness (QED) is 0.304. The summed E-state index contributed by atoms with van der Waals surface area (Å²) in [6.45, 7) is 0. The second kappa shape index (κ2) is 9.07. The van der Waals surface area contributed by atoms with Crippen LogP contribution < -0.4 is 15.4 Å². The zero-order chi connectivity index (χ0) is 21.0. The minimum atomic E-state index is -0.567. The molecule has 0 saturated carbocycles. The third-order valence-electron chi connectivity index (χ3n) is 3.72. The number of halogens is 1. The van der Waals surface area contributed by atoms with Crippen molar-refractivity contribution >= 4 is 61.3 Å². The molecule has 0 aliphatic carbocycles. The number of nitro benzene ring substituents is 1. The number of hydrogen-bond donors (Lipinski definition) is 2. The van der Waals surface area contributed by atoms with Crippen molar-refractivity contribution in [2.75, 3.05) is 12.4 Å². The maximum absolute atomic E-state index is 12.2. The number of aromatic nitrogens is 1. The van der Waals surface area contributed by atoms with E-state index in [4.69, 9.17) is 17.0 Å². The maximum Gasteiger partial charge on any atom is 0.270 e. The predicted octanol–water partition coefficient (Wildman–Crippen LogP) is 4.62. The molecular weight excluding hydrogens is 480 g/mol. The second-order valence-electron chi connectivity index (χ2n) is 5.60. The first-order valence-corrected chi connectivity index (χ1v) is 10.1. The molecular formula is C18H13BrN4O4S2. The van der Waals surface area contributed by atoms with Crippen LogP contribution in [0.25, 0.3) is 11.3 Å². The van der Waals surface area contributed by atoms with Crippen LogP contribution in [0.15, 0.2) is 52.3 Å². The Kier molecular flexibility index (Phi) is 6.52. The molecule has 148 valence electrons. The molecule has 0 aliphatic heterocycles. The van der Waals surface area contributed by atoms with E-state index in [-0.39, 0.29) is 16.4 Å². The number of non-ortho nitro benzene ring substituents is 1. The first kappa shape index (κ1) is 20.8. The summed E-state index contributed by atoms with van der Waals surface area (Å²) in [5, 5.41) is 18.5. The third-order valence-corrected chi connectivity index (χ3v) is 5.30. The van der Waals surface area contributed by atoms with Crippen LogP contribution in [-0.2, 0) is 0 Å². The number of thiazole rings is 1. The summed E-state index contributed by atoms with van der Waals surface area (Å²) in [4.78, 5) is 27.0. The number of thiocarbonyl (C=S) groups is 1. The lowest BCUT2D eigenvalue weighted by atomic mass is 10.2. The van der Waals surface area contributed by atoms with Gasteiger partial charge in [-0.25, -0.2) is 4.98 Å². The minimum absolute atomic E-state index is 0.0401. The first-order chi connectivity index (χ1) is 13.9. The van der Waals surface area contributed by atoms with Crippen LogP contribution in [0.4, 0.5) is 10.8 Å². The summed E-state index contributed by atoms with van der Waals surface area (Å²) in [6.07, 6.45) is 0. The monoisotopic (exact) mass is 492 g/mol. The van der Waals surface area contributed by atoms with Crippen molar-refractivity contribution in [3.63, 3.8) is 0 Å². The van der Waals surface area contributed by atoms with Gasteiger partial charge in [0.05, 0.1) is 22.2 Å². The van der Waals surface area contributed by atoms with Crippen LogP contribution in [0.5, 0.6) is 5.75 Å². The Hall–Kier alpha value is -2.89. The topological polar surface area (TPSA) is 106 Å². The number of ether oxygens (including phenoxy) is 1. The molecule has 0 spiro atoms. The van der Waals surface area contributed by atoms with E-state index in [1.54, 1.807) is 7.11 Å². The van der Waals surface area contributed by atoms with Crippen molar-refractivity contribution in [3.05, 3.63) is 68.0 Å². The van der Waals surface area contributed by atoms with Gasteiger partial charge in [0, 0.05) is 28.6 Å². The number of nitrogens with zero attached hydrogens (tertiary/aromatic N) is 2. The van der Waals surface area contributed by atoms with Gasteiger partial charge in [0.1, 0.15) is 5.75 Å². The van der Waals surface area contributed by atoms with Crippen molar-refractivity contribution in [3.8, 4) is 17.0 Å². The Morgan fingerprint density at radius 1 is 1.31 bits per heavy atom. The van der Waals surface area contributed by atoms with Gasteiger partial charge in [-0.3, -0.25) is 20.2 Å². The van der Waals surface area contributed by atoms with Crippen LogP contribution in [0.1, 0.15) is 10.4 Å². The molecule has 0 radical (unpaired) electrons. The van der Waals surface area contributed by atoms with Gasteiger partial charge >= 0.3 is 0 Å². The minimum Gasteiger partial charge on any atom is -0.496 e. The third kappa shape index (κ3) is 5.13. The highest BCUT2D eigenvalue weighted by Gasteiger charge is 2.14. The molecule has 3 aromatic rings. The molecule has 0 saturated heterocycles. The number of anilines is 1. The standard InChI is InChI=1S/C18H13BrN4O4S2/c1-27-15-6-5-10(8-13(15)19)14-9-29-18(20-14)22-17(28)21-16(24)11-3-2-4-12(7-11)23(25)26/h2-9H,1H3,(H2,20,21,22,24,28). The fourth-order valence-corrected chi connectivity index (χ4v) is 3.87. The Morgan fingerprint density at radius 3 is 2.79 bits per heavy atom. The fraction of sp³-hybridized carbons (Fsp3) is 0.0556. The number of carbonyl (C=O) groups is 1. The number of rotatable bonds is 5. The van der Waals surface area contributed by atoms with Crippen molar-refractivity contribution < 1.29 is 14.5 Å². The average molecular weight is 493 g/mol. The SMILES string of the molecule is COc1ccc(-c2csc(NC(=S)NC(=O)c3cccc([N+](=O)[O-])c3)n2)cc1Br. The van der Waals surface area contributed by atoms with Gasteiger partial charge in [-0.05, 0) is 52.4 Å². The van der Waals surface area contributed by atoms with Gasteiger partial charge in [0.2, 0.25) is 0 Å². The summed E-state index contributed by atoms with van der Waals surface area (Å²) >= 11 is 9.90. The number of nitro groups is 1. The van der Waals surface area contributed by atoms with Crippen LogP contribution >= 0.6 is 39.5 Å². The van der Waals surface area contributed by atoms with Crippen LogP contribution in [-0.4, -0.2) is 28.0 Å². The van der Waals surface area contributed by atoms with Crippen LogP contribution in [0.2, 0.25) is 0 Å². The average Bonchev–Trinajstić information content (AvgIpc) is 3.16. The maximum atomic E-state index is 12.2. The molecule has 0 aliphatic rings. The van der Waals surface area contributed by atoms with Gasteiger partial charge in [0.25, 0.3) is 11.6 Å². The van der Waals surface area contributed by atoms with E-state index in [0.717, 1.165) is 15.7 Å². The summed E-state index contributed by atoms with van der Waals surface area (Å²) in [7, 11) is 1.59. The number of benzene rings is 2. The van der Waals surface area contributed by atoms with Gasteiger partial charge in [-0.2, -0.15) is 0 Å². The van der Waals surface area contributed by atoms with E-state index in [1.807, 2.05) is 23.6 Å². The molecule has 0 fully saturated rings. The number of carbonyl (C=O) groups excluding carboxylic acids is 1. The molecule has 3 rings (SSSR count). The Morgan fingerprint density at radius 2 is 2.10 bits per heavy atom. The largest absolute Gasteiger partial charge is 0.496 e. The summed E-state index contributed by atoms with van der Waals surface area (Å²) < 4.78 is 6.02. The lowest BCUT2D eigenvalue weighted by molar-refractivity contribution is -0.384. The zero-order valence-corrected chi connectivity index (χ0v) is 18.1. The molecule has 0 bridgehead atoms. The van der Waals surface area contributed by atoms with Gasteiger partial charge in [-0.15, -0.1) is 11.3 Å². The van der Waals surface area contributed by atoms with Gasteiger partial charge < -0.3 is 10.1 Å². The summed E-state index contributed by atoms with van der Waals surface area (Å²) in [6, 6.07) is 11.0. The zero-order valence-electron chi connectivity index (χ0n) is 14.8. The molecule has 2 N–H and O–H groups in total. The van der Waals surface area contributed by atoms with E-state index < -0.39 is 10.8 Å². The molecule has 0 unspecified atom stereocenters. The number of amides is 1. The number of hydrogen-bond acceptors (Lipinski definition) is 7. The van der Waals surface area contributed by atoms with Gasteiger partial charge in [0.15, 0.2) is 10.2 Å². The second-order valence-corrected chi connectivity index (χ2v) is 7.72. The molecule has 11 heteroatoms. The molecule has 1 aromatic heterocycles. The Labute approximate surface area is 183 Å². The Balaban J connectivity index is 1.66. The summed E-state index contributed by atoms with van der Waals surface area (Å²) in [5.41, 5.74) is 1.57. The first-order valence-electron chi connectivity index (χ1n) is 8.03. The molecule has 8 nitrogen and oxygen atoms in total. The van der Waals surface area contributed by atoms with E-state index in [1.165, 1.54) is 35.6 Å². The highest BCUT2D eigenvalue weighted by Crippen LogP contribution is 2.32. The van der Waals surface area contributed by atoms with Crippen LogP contribution in [0, 0.1) is 10.1 Å². The van der Waals surface area contributed by atoms with Crippen molar-refractivity contribution in [2.24, 2.45) is 0 Å². The fourth-order valence-electron chi connectivity index (χ4n) is 2.35. The van der Waals surface area contributed by atoms with Crippen molar-refractivity contribution in [1.82, 2.24) is 10.3 Å². The van der Waals surface area contributed by atoms with E-state index in [2.05, 4.69) is 31.5 Å². The molecule has 1 amide bonds. The lowest BCUT2D eigenvalue weighted by Gasteiger charge is -2.07.